The Hall–Kier alpha value is -0.380. The van der Waals surface area contributed by atoms with Gasteiger partial charge in [-0.1, -0.05) is 0 Å². The van der Waals surface area contributed by atoms with E-state index in [2.05, 4.69) is 48.1 Å². The molecule has 1 unspecified atom stereocenters. The van der Waals surface area contributed by atoms with Crippen molar-refractivity contribution in [3.05, 3.63) is 22.4 Å². The van der Waals surface area contributed by atoms with Crippen LogP contribution in [-0.2, 0) is 6.42 Å². The highest BCUT2D eigenvalue weighted by molar-refractivity contribution is 7.07. The Balaban J connectivity index is 2.05. The van der Waals surface area contributed by atoms with E-state index in [9.17, 15) is 0 Å². The maximum atomic E-state index is 3.47. The Morgan fingerprint density at radius 2 is 2.29 bits per heavy atom. The maximum absolute atomic E-state index is 3.47. The van der Waals surface area contributed by atoms with Crippen molar-refractivity contribution in [2.24, 2.45) is 0 Å². The van der Waals surface area contributed by atoms with Gasteiger partial charge in [0.05, 0.1) is 0 Å². The first-order valence-corrected chi connectivity index (χ1v) is 6.02. The zero-order chi connectivity index (χ0) is 10.4. The Bertz CT molecular complexity index is 231. The van der Waals surface area contributed by atoms with Crippen LogP contribution in [0, 0.1) is 0 Å². The lowest BCUT2D eigenvalue weighted by molar-refractivity contribution is 0.303. The SMILES string of the molecule is CC(CNCCc1ccsc1)N(C)C. The van der Waals surface area contributed by atoms with Crippen molar-refractivity contribution in [2.75, 3.05) is 27.2 Å². The molecule has 1 aromatic rings. The van der Waals surface area contributed by atoms with Crippen molar-refractivity contribution in [3.8, 4) is 0 Å². The Morgan fingerprint density at radius 1 is 1.50 bits per heavy atom. The van der Waals surface area contributed by atoms with E-state index in [4.69, 9.17) is 0 Å². The molecule has 0 aliphatic carbocycles. The van der Waals surface area contributed by atoms with Gasteiger partial charge in [-0.2, -0.15) is 11.3 Å². The second-order valence-electron chi connectivity index (χ2n) is 3.90. The van der Waals surface area contributed by atoms with Crippen LogP contribution in [0.15, 0.2) is 16.8 Å². The van der Waals surface area contributed by atoms with Gasteiger partial charge in [0.25, 0.3) is 0 Å². The van der Waals surface area contributed by atoms with E-state index in [0.29, 0.717) is 6.04 Å². The fourth-order valence-electron chi connectivity index (χ4n) is 1.16. The molecule has 1 atom stereocenters. The number of thiophene rings is 1. The molecule has 0 bridgehead atoms. The zero-order valence-electron chi connectivity index (χ0n) is 9.29. The summed E-state index contributed by atoms with van der Waals surface area (Å²) in [5, 5.41) is 7.82. The maximum Gasteiger partial charge on any atom is 0.0186 e. The molecule has 2 nitrogen and oxygen atoms in total. The second kappa shape index (κ2) is 6.17. The molecule has 0 amide bonds. The van der Waals surface area contributed by atoms with Gasteiger partial charge in [0, 0.05) is 12.6 Å². The summed E-state index contributed by atoms with van der Waals surface area (Å²) in [4.78, 5) is 2.23. The van der Waals surface area contributed by atoms with E-state index >= 15 is 0 Å². The van der Waals surface area contributed by atoms with E-state index in [0.717, 1.165) is 19.5 Å². The molecule has 80 valence electrons. The van der Waals surface area contributed by atoms with Gasteiger partial charge >= 0.3 is 0 Å². The smallest absolute Gasteiger partial charge is 0.0186 e. The Labute approximate surface area is 90.9 Å². The molecule has 0 saturated heterocycles. The van der Waals surface area contributed by atoms with Crippen molar-refractivity contribution in [1.29, 1.82) is 0 Å². The van der Waals surface area contributed by atoms with Crippen molar-refractivity contribution >= 4 is 11.3 Å². The number of rotatable bonds is 6. The average Bonchev–Trinajstić information content (AvgIpc) is 2.64. The number of hydrogen-bond acceptors (Lipinski definition) is 3. The van der Waals surface area contributed by atoms with Crippen LogP contribution in [0.2, 0.25) is 0 Å². The molecule has 0 aromatic carbocycles. The Kier molecular flexibility index (Phi) is 5.15. The summed E-state index contributed by atoms with van der Waals surface area (Å²) in [5.41, 5.74) is 1.44. The molecule has 1 heterocycles. The largest absolute Gasteiger partial charge is 0.315 e. The molecule has 14 heavy (non-hydrogen) atoms. The van der Waals surface area contributed by atoms with Gasteiger partial charge in [-0.05, 0) is 56.4 Å². The lowest BCUT2D eigenvalue weighted by atomic mass is 10.2. The fraction of sp³-hybridized carbons (Fsp3) is 0.636. The highest BCUT2D eigenvalue weighted by Crippen LogP contribution is 2.05. The van der Waals surface area contributed by atoms with Gasteiger partial charge in [0.1, 0.15) is 0 Å². The molecule has 1 N–H and O–H groups in total. The fourth-order valence-corrected chi connectivity index (χ4v) is 1.86. The van der Waals surface area contributed by atoms with Gasteiger partial charge in [-0.3, -0.25) is 0 Å². The van der Waals surface area contributed by atoms with Gasteiger partial charge < -0.3 is 10.2 Å². The third kappa shape index (κ3) is 4.22. The van der Waals surface area contributed by atoms with Gasteiger partial charge in [0.15, 0.2) is 0 Å². The lowest BCUT2D eigenvalue weighted by Gasteiger charge is -2.19. The number of nitrogens with zero attached hydrogens (tertiary/aromatic N) is 1. The molecule has 0 saturated carbocycles. The van der Waals surface area contributed by atoms with Crippen LogP contribution >= 0.6 is 11.3 Å². The monoisotopic (exact) mass is 212 g/mol. The van der Waals surface area contributed by atoms with E-state index in [1.807, 2.05) is 0 Å². The summed E-state index contributed by atoms with van der Waals surface area (Å²) in [6.07, 6.45) is 1.14. The molecular formula is C11H20N2S. The highest BCUT2D eigenvalue weighted by Gasteiger charge is 2.02. The van der Waals surface area contributed by atoms with Gasteiger partial charge in [-0.15, -0.1) is 0 Å². The minimum atomic E-state index is 0.609. The van der Waals surface area contributed by atoms with Crippen molar-refractivity contribution in [3.63, 3.8) is 0 Å². The first kappa shape index (κ1) is 11.7. The summed E-state index contributed by atoms with van der Waals surface area (Å²) in [7, 11) is 4.23. The van der Waals surface area contributed by atoms with Crippen molar-refractivity contribution in [1.82, 2.24) is 10.2 Å². The van der Waals surface area contributed by atoms with Crippen LogP contribution < -0.4 is 5.32 Å². The number of likely N-dealkylation sites (N-methyl/N-ethyl adjacent to an activating group) is 1. The molecule has 0 aliphatic heterocycles. The molecule has 0 radical (unpaired) electrons. The Morgan fingerprint density at radius 3 is 2.86 bits per heavy atom. The summed E-state index contributed by atoms with van der Waals surface area (Å²) in [6.45, 7) is 4.38. The molecule has 0 spiro atoms. The van der Waals surface area contributed by atoms with Crippen LogP contribution in [0.5, 0.6) is 0 Å². The lowest BCUT2D eigenvalue weighted by Crippen LogP contribution is -2.36. The van der Waals surface area contributed by atoms with Crippen LogP contribution in [0.3, 0.4) is 0 Å². The third-order valence-electron chi connectivity index (χ3n) is 2.49. The average molecular weight is 212 g/mol. The topological polar surface area (TPSA) is 15.3 Å². The highest BCUT2D eigenvalue weighted by atomic mass is 32.1. The van der Waals surface area contributed by atoms with Crippen molar-refractivity contribution < 1.29 is 0 Å². The van der Waals surface area contributed by atoms with Crippen LogP contribution in [-0.4, -0.2) is 38.1 Å². The normalized spacial score (nSPS) is 13.4. The number of hydrogen-bond donors (Lipinski definition) is 1. The van der Waals surface area contributed by atoms with E-state index < -0.39 is 0 Å². The van der Waals surface area contributed by atoms with Crippen LogP contribution in [0.4, 0.5) is 0 Å². The summed E-state index contributed by atoms with van der Waals surface area (Å²) >= 11 is 1.77. The molecule has 0 fully saturated rings. The number of nitrogens with one attached hydrogen (secondary N) is 1. The first-order chi connectivity index (χ1) is 6.70. The molecule has 1 aromatic heterocycles. The minimum absolute atomic E-state index is 0.609. The van der Waals surface area contributed by atoms with Gasteiger partial charge in [0.2, 0.25) is 0 Å². The van der Waals surface area contributed by atoms with Crippen LogP contribution in [0.1, 0.15) is 12.5 Å². The predicted octanol–water partition coefficient (Wildman–Crippen LogP) is 1.83. The third-order valence-corrected chi connectivity index (χ3v) is 3.22. The molecule has 3 heteroatoms. The summed E-state index contributed by atoms with van der Waals surface area (Å²) in [5.74, 6) is 0. The first-order valence-electron chi connectivity index (χ1n) is 5.08. The molecule has 1 rings (SSSR count). The second-order valence-corrected chi connectivity index (χ2v) is 4.68. The van der Waals surface area contributed by atoms with E-state index in [-0.39, 0.29) is 0 Å². The minimum Gasteiger partial charge on any atom is -0.315 e. The molecular weight excluding hydrogens is 192 g/mol. The standard InChI is InChI=1S/C11H20N2S/c1-10(13(2)3)8-12-6-4-11-5-7-14-9-11/h5,7,9-10,12H,4,6,8H2,1-3H3. The summed E-state index contributed by atoms with van der Waals surface area (Å²) in [6, 6.07) is 2.80. The summed E-state index contributed by atoms with van der Waals surface area (Å²) < 4.78 is 0. The quantitative estimate of drug-likeness (QED) is 0.724. The van der Waals surface area contributed by atoms with E-state index in [1.54, 1.807) is 11.3 Å². The molecule has 0 aliphatic rings. The van der Waals surface area contributed by atoms with Crippen molar-refractivity contribution in [2.45, 2.75) is 19.4 Å². The zero-order valence-corrected chi connectivity index (χ0v) is 10.1. The predicted molar refractivity (Wildman–Crippen MR) is 64.0 cm³/mol. The van der Waals surface area contributed by atoms with Gasteiger partial charge in [-0.25, -0.2) is 0 Å². The van der Waals surface area contributed by atoms with Crippen LogP contribution in [0.25, 0.3) is 0 Å². The van der Waals surface area contributed by atoms with E-state index in [1.165, 1.54) is 5.56 Å².